The first-order valence-electron chi connectivity index (χ1n) is 10.8. The monoisotopic (exact) mass is 485 g/mol. The van der Waals surface area contributed by atoms with Crippen molar-refractivity contribution in [1.82, 2.24) is 10.6 Å². The molecule has 2 aromatic carbocycles. The Balaban J connectivity index is 1.96. The van der Waals surface area contributed by atoms with Crippen molar-refractivity contribution in [3.05, 3.63) is 47.5 Å². The molecule has 0 radical (unpaired) electrons. The van der Waals surface area contributed by atoms with E-state index in [1.807, 2.05) is 12.3 Å². The number of guanidine groups is 1. The summed E-state index contributed by atoms with van der Waals surface area (Å²) in [4.78, 5) is 4.50. The first-order valence-corrected chi connectivity index (χ1v) is 10.8. The van der Waals surface area contributed by atoms with E-state index < -0.39 is 24.0 Å². The summed E-state index contributed by atoms with van der Waals surface area (Å²) in [5, 5.41) is 26.4. The van der Waals surface area contributed by atoms with E-state index in [0.29, 0.717) is 28.5 Å². The number of nitriles is 1. The molecule has 1 heterocycles. The van der Waals surface area contributed by atoms with Gasteiger partial charge in [0.2, 0.25) is 5.96 Å². The van der Waals surface area contributed by atoms with Crippen LogP contribution in [0.3, 0.4) is 0 Å². The van der Waals surface area contributed by atoms with Gasteiger partial charge in [0, 0.05) is 25.5 Å². The van der Waals surface area contributed by atoms with Crippen LogP contribution in [0.15, 0.2) is 41.4 Å². The van der Waals surface area contributed by atoms with Crippen molar-refractivity contribution < 1.29 is 28.8 Å². The summed E-state index contributed by atoms with van der Waals surface area (Å²) in [6.45, 7) is 1.90. The largest absolute Gasteiger partial charge is 0.493 e. The minimum atomic E-state index is -1.29. The van der Waals surface area contributed by atoms with Gasteiger partial charge in [0.05, 0.1) is 26.8 Å². The molecule has 0 amide bonds. The fourth-order valence-corrected chi connectivity index (χ4v) is 4.08. The second-order valence-electron chi connectivity index (χ2n) is 8.04. The molecule has 0 bridgehead atoms. The van der Waals surface area contributed by atoms with Crippen molar-refractivity contribution in [1.29, 1.82) is 5.26 Å². The third kappa shape index (κ3) is 5.35. The highest BCUT2D eigenvalue weighted by molar-refractivity contribution is 5.82. The Morgan fingerprint density at radius 3 is 2.51 bits per heavy atom. The molecule has 0 aliphatic carbocycles. The molecule has 1 aliphatic rings. The van der Waals surface area contributed by atoms with Crippen molar-refractivity contribution in [2.75, 3.05) is 34.2 Å². The van der Waals surface area contributed by atoms with Crippen molar-refractivity contribution in [2.45, 2.75) is 37.5 Å². The maximum absolute atomic E-state index is 11.4. The molecule has 3 atom stereocenters. The molecule has 1 aliphatic heterocycles. The maximum Gasteiger partial charge on any atom is 0.205 e. The van der Waals surface area contributed by atoms with Crippen molar-refractivity contribution in [2.24, 2.45) is 4.99 Å². The number of nitrogens with two attached hydrogens (primary N) is 1. The van der Waals surface area contributed by atoms with Crippen LogP contribution in [-0.2, 0) is 16.0 Å². The second-order valence-corrected chi connectivity index (χ2v) is 8.04. The molecule has 0 saturated carbocycles. The number of nitrogens with zero attached hydrogens (tertiary/aromatic N) is 2. The Bertz CT molecular complexity index is 1100. The average Bonchev–Trinajstić information content (AvgIpc) is 2.86. The lowest BCUT2D eigenvalue weighted by Gasteiger charge is -2.46. The Morgan fingerprint density at radius 2 is 1.89 bits per heavy atom. The number of fused-ring (bicyclic) bond motifs is 1. The van der Waals surface area contributed by atoms with Gasteiger partial charge in [-0.1, -0.05) is 6.07 Å². The smallest absolute Gasteiger partial charge is 0.205 e. The van der Waals surface area contributed by atoms with E-state index in [0.717, 1.165) is 5.56 Å². The lowest BCUT2D eigenvalue weighted by Crippen LogP contribution is -2.62. The highest BCUT2D eigenvalue weighted by Gasteiger charge is 2.52. The highest BCUT2D eigenvalue weighted by atomic mass is 16.7. The molecule has 11 heteroatoms. The van der Waals surface area contributed by atoms with Crippen molar-refractivity contribution in [3.63, 3.8) is 0 Å². The molecule has 5 N–H and O–H groups in total. The summed E-state index contributed by atoms with van der Waals surface area (Å²) in [6, 6.07) is 9.76. The zero-order chi connectivity index (χ0) is 25.6. The topological polar surface area (TPSA) is 153 Å². The number of nitrogens with one attached hydrogen (secondary N) is 2. The van der Waals surface area contributed by atoms with Gasteiger partial charge in [0.1, 0.15) is 11.9 Å². The van der Waals surface area contributed by atoms with E-state index in [1.165, 1.54) is 14.2 Å². The normalized spacial score (nSPS) is 21.5. The molecule has 0 fully saturated rings. The molecular weight excluding hydrogens is 454 g/mol. The number of aliphatic hydroxyl groups excluding tert-OH is 1. The fourth-order valence-electron chi connectivity index (χ4n) is 4.08. The SMILES string of the molecule is COc1ccc(CN=C(NC#N)N[C@H]2c3cc(N)ccc3O[C@](C)(C(OC)OC)[C@H]2O)cc1OC. The van der Waals surface area contributed by atoms with E-state index in [9.17, 15) is 10.4 Å². The molecule has 3 rings (SSSR count). The van der Waals surface area contributed by atoms with Crippen LogP contribution >= 0.6 is 0 Å². The van der Waals surface area contributed by atoms with E-state index in [4.69, 9.17) is 29.4 Å². The summed E-state index contributed by atoms with van der Waals surface area (Å²) in [7, 11) is 6.03. The first-order chi connectivity index (χ1) is 16.8. The number of nitrogen functional groups attached to an aromatic ring is 1. The van der Waals surface area contributed by atoms with Crippen LogP contribution in [0.4, 0.5) is 5.69 Å². The predicted octanol–water partition coefficient (Wildman–Crippen LogP) is 1.67. The Labute approximate surface area is 204 Å². The summed E-state index contributed by atoms with van der Waals surface area (Å²) >= 11 is 0. The Hall–Kier alpha value is -3.72. The second kappa shape index (κ2) is 11.1. The molecule has 11 nitrogen and oxygen atoms in total. The number of aliphatic hydroxyl groups is 1. The molecule has 2 aromatic rings. The van der Waals surface area contributed by atoms with Crippen LogP contribution in [-0.4, -0.2) is 57.5 Å². The molecule has 0 aromatic heterocycles. The molecule has 188 valence electrons. The Kier molecular flexibility index (Phi) is 8.24. The molecule has 0 spiro atoms. The fraction of sp³-hybridized carbons (Fsp3) is 0.417. The number of hydrogen-bond acceptors (Lipinski definition) is 9. The van der Waals surface area contributed by atoms with Gasteiger partial charge in [0.25, 0.3) is 0 Å². The quantitative estimate of drug-likeness (QED) is 0.108. The predicted molar refractivity (Wildman–Crippen MR) is 129 cm³/mol. The number of ether oxygens (including phenoxy) is 5. The van der Waals surface area contributed by atoms with Crippen LogP contribution in [0.1, 0.15) is 24.1 Å². The van der Waals surface area contributed by atoms with E-state index in [2.05, 4.69) is 15.6 Å². The summed E-state index contributed by atoms with van der Waals surface area (Å²) in [5.41, 5.74) is 6.63. The highest BCUT2D eigenvalue weighted by Crippen LogP contribution is 2.43. The third-order valence-corrected chi connectivity index (χ3v) is 5.83. The van der Waals surface area contributed by atoms with Gasteiger partial charge in [-0.15, -0.1) is 0 Å². The number of rotatable bonds is 8. The van der Waals surface area contributed by atoms with Gasteiger partial charge < -0.3 is 39.8 Å². The number of methoxy groups -OCH3 is 4. The summed E-state index contributed by atoms with van der Waals surface area (Å²) in [5.74, 6) is 1.79. The minimum absolute atomic E-state index is 0.148. The van der Waals surface area contributed by atoms with E-state index >= 15 is 0 Å². The molecule has 35 heavy (non-hydrogen) atoms. The first kappa shape index (κ1) is 25.9. The van der Waals surface area contributed by atoms with Gasteiger partial charge in [0.15, 0.2) is 29.6 Å². The van der Waals surface area contributed by atoms with Gasteiger partial charge in [-0.2, -0.15) is 5.26 Å². The zero-order valence-corrected chi connectivity index (χ0v) is 20.4. The maximum atomic E-state index is 11.4. The van der Waals surface area contributed by atoms with Crippen LogP contribution in [0.25, 0.3) is 0 Å². The van der Waals surface area contributed by atoms with Gasteiger partial charge >= 0.3 is 0 Å². The average molecular weight is 486 g/mol. The van der Waals surface area contributed by atoms with Gasteiger partial charge in [-0.25, -0.2) is 4.99 Å². The third-order valence-electron chi connectivity index (χ3n) is 5.83. The minimum Gasteiger partial charge on any atom is -0.493 e. The molecule has 0 saturated heterocycles. The number of aliphatic imine (C=N–C) groups is 1. The van der Waals surface area contributed by atoms with Gasteiger partial charge in [-0.05, 0) is 42.8 Å². The number of anilines is 1. The standard InChI is InChI=1S/C24H31N5O6/c1-24(22(33-4)34-5)21(30)20(16-11-15(26)7-9-17(16)35-24)29-23(28-13-25)27-12-14-6-8-18(31-2)19(10-14)32-3/h6-11,20-22,30H,12,26H2,1-5H3,(H2,27,28,29)/t20-,21-,24-/m0/s1. The molecule has 0 unspecified atom stereocenters. The van der Waals surface area contributed by atoms with Crippen LogP contribution in [0, 0.1) is 11.5 Å². The summed E-state index contributed by atoms with van der Waals surface area (Å²) in [6.07, 6.45) is -0.183. The lowest BCUT2D eigenvalue weighted by molar-refractivity contribution is -0.238. The van der Waals surface area contributed by atoms with Crippen LogP contribution in [0.2, 0.25) is 0 Å². The lowest BCUT2D eigenvalue weighted by atomic mass is 9.84. The number of benzene rings is 2. The Morgan fingerprint density at radius 1 is 1.17 bits per heavy atom. The number of hydrogen-bond donors (Lipinski definition) is 4. The van der Waals surface area contributed by atoms with E-state index in [-0.39, 0.29) is 12.5 Å². The summed E-state index contributed by atoms with van der Waals surface area (Å²) < 4.78 is 27.6. The molecular formula is C24H31N5O6. The van der Waals surface area contributed by atoms with Crippen LogP contribution in [0.5, 0.6) is 17.2 Å². The van der Waals surface area contributed by atoms with E-state index in [1.54, 1.807) is 51.5 Å². The zero-order valence-electron chi connectivity index (χ0n) is 20.4. The van der Waals surface area contributed by atoms with Crippen molar-refractivity contribution >= 4 is 11.6 Å². The van der Waals surface area contributed by atoms with Gasteiger partial charge in [-0.3, -0.25) is 5.32 Å². The van der Waals surface area contributed by atoms with Crippen molar-refractivity contribution in [3.8, 4) is 23.4 Å². The van der Waals surface area contributed by atoms with Crippen LogP contribution < -0.4 is 30.6 Å².